The highest BCUT2D eigenvalue weighted by molar-refractivity contribution is 6.30. The van der Waals surface area contributed by atoms with Crippen LogP contribution in [0.15, 0.2) is 6.20 Å². The van der Waals surface area contributed by atoms with Gasteiger partial charge in [0.25, 0.3) is 6.02 Å². The predicted molar refractivity (Wildman–Crippen MR) is 143 cm³/mol. The lowest BCUT2D eigenvalue weighted by Crippen LogP contribution is -2.48. The average molecular weight is 593 g/mol. The van der Waals surface area contributed by atoms with E-state index < -0.39 is 23.7 Å². The summed E-state index contributed by atoms with van der Waals surface area (Å²) in [4.78, 5) is 15.6. The number of nitrogens with zero attached hydrogens (tertiary/aromatic N) is 3. The molecule has 4 fully saturated rings. The molecule has 7 nitrogen and oxygen atoms in total. The Labute approximate surface area is 237 Å². The van der Waals surface area contributed by atoms with Gasteiger partial charge < -0.3 is 15.0 Å². The number of amides is 1. The first kappa shape index (κ1) is 28.8. The van der Waals surface area contributed by atoms with Crippen molar-refractivity contribution in [3.63, 3.8) is 0 Å². The number of carbonyl (C=O) groups is 1. The minimum Gasteiger partial charge on any atom is -0.463 e. The van der Waals surface area contributed by atoms with E-state index in [4.69, 9.17) is 33.3 Å². The van der Waals surface area contributed by atoms with Crippen molar-refractivity contribution in [1.29, 1.82) is 5.41 Å². The van der Waals surface area contributed by atoms with Crippen LogP contribution in [0.4, 0.5) is 13.2 Å². The first-order valence-corrected chi connectivity index (χ1v) is 15.1. The highest BCUT2D eigenvalue weighted by atomic mass is 35.5. The van der Waals surface area contributed by atoms with Crippen LogP contribution in [-0.4, -0.2) is 63.1 Å². The van der Waals surface area contributed by atoms with Crippen molar-refractivity contribution in [1.82, 2.24) is 20.0 Å². The highest BCUT2D eigenvalue weighted by Gasteiger charge is 2.45. The average Bonchev–Trinajstić information content (AvgIpc) is 3.50. The second-order valence-electron chi connectivity index (χ2n) is 11.8. The summed E-state index contributed by atoms with van der Waals surface area (Å²) in [6.07, 6.45) is 2.98. The molecule has 1 aromatic rings. The molecule has 0 aromatic carbocycles. The molecule has 39 heavy (non-hydrogen) atoms. The van der Waals surface area contributed by atoms with E-state index in [-0.39, 0.29) is 46.1 Å². The van der Waals surface area contributed by atoms with E-state index in [0.717, 1.165) is 32.1 Å². The fraction of sp³-hybridized carbons (Fsp3) is 0.815. The molecule has 2 N–H and O–H groups in total. The maximum absolute atomic E-state index is 14.0. The molecular weight excluding hydrogens is 554 g/mol. The van der Waals surface area contributed by atoms with Crippen LogP contribution in [0.3, 0.4) is 0 Å². The Bertz CT molecular complexity index is 1050. The van der Waals surface area contributed by atoms with Crippen molar-refractivity contribution < 1.29 is 22.7 Å². The third kappa shape index (κ3) is 6.63. The van der Waals surface area contributed by atoms with E-state index in [9.17, 15) is 18.0 Å². The predicted octanol–water partition coefficient (Wildman–Crippen LogP) is 5.60. The zero-order chi connectivity index (χ0) is 27.9. The summed E-state index contributed by atoms with van der Waals surface area (Å²) in [7, 11) is 0. The molecule has 12 heteroatoms. The van der Waals surface area contributed by atoms with Crippen molar-refractivity contribution in [3.8, 4) is 0 Å². The van der Waals surface area contributed by atoms with Gasteiger partial charge in [-0.05, 0) is 82.0 Å². The molecule has 3 aliphatic carbocycles. The Kier molecular flexibility index (Phi) is 8.63. The van der Waals surface area contributed by atoms with Gasteiger partial charge in [0.05, 0.1) is 11.9 Å². The second-order valence-corrected chi connectivity index (χ2v) is 13.0. The fourth-order valence-electron chi connectivity index (χ4n) is 6.90. The molecule has 2 heterocycles. The van der Waals surface area contributed by atoms with Crippen LogP contribution in [-0.2, 0) is 22.3 Å². The number of hydrogen-bond acceptors (Lipinski definition) is 4. The summed E-state index contributed by atoms with van der Waals surface area (Å²) in [6, 6.07) is 0.114. The Balaban J connectivity index is 1.36. The van der Waals surface area contributed by atoms with Crippen molar-refractivity contribution in [2.75, 3.05) is 19.7 Å². The lowest BCUT2D eigenvalue weighted by Gasteiger charge is -2.39. The van der Waals surface area contributed by atoms with Crippen LogP contribution in [0.25, 0.3) is 0 Å². The molecule has 1 aliphatic heterocycles. The van der Waals surface area contributed by atoms with Crippen molar-refractivity contribution in [2.45, 2.75) is 93.7 Å². The van der Waals surface area contributed by atoms with Gasteiger partial charge in [0.1, 0.15) is 6.61 Å². The smallest absolute Gasteiger partial charge is 0.435 e. The molecule has 5 rings (SSSR count). The van der Waals surface area contributed by atoms with Crippen LogP contribution in [0, 0.1) is 29.1 Å². The third-order valence-electron chi connectivity index (χ3n) is 9.04. The van der Waals surface area contributed by atoms with E-state index in [0.29, 0.717) is 51.4 Å². The summed E-state index contributed by atoms with van der Waals surface area (Å²) in [5.74, 6) is -0.319. The highest BCUT2D eigenvalue weighted by Crippen LogP contribution is 2.46. The molecule has 6 unspecified atom stereocenters. The number of nitrogens with one attached hydrogen (secondary N) is 2. The van der Waals surface area contributed by atoms with Gasteiger partial charge in [-0.3, -0.25) is 14.9 Å². The molecule has 0 spiro atoms. The molecule has 1 amide bonds. The van der Waals surface area contributed by atoms with Crippen molar-refractivity contribution >= 4 is 35.1 Å². The van der Waals surface area contributed by atoms with Gasteiger partial charge in [0.15, 0.2) is 5.69 Å². The van der Waals surface area contributed by atoms with E-state index in [1.54, 1.807) is 6.92 Å². The summed E-state index contributed by atoms with van der Waals surface area (Å²) in [5, 5.41) is 15.1. The number of ether oxygens (including phenoxy) is 1. The number of aromatic nitrogens is 2. The molecule has 0 radical (unpaired) electrons. The normalized spacial score (nSPS) is 32.7. The van der Waals surface area contributed by atoms with Gasteiger partial charge in [0, 0.05) is 42.2 Å². The molecule has 1 aromatic heterocycles. The minimum absolute atomic E-state index is 0.0236. The van der Waals surface area contributed by atoms with Crippen LogP contribution in [0.5, 0.6) is 0 Å². The third-order valence-corrected chi connectivity index (χ3v) is 10.2. The lowest BCUT2D eigenvalue weighted by molar-refractivity contribution is -0.142. The molecule has 218 valence electrons. The Morgan fingerprint density at radius 3 is 2.51 bits per heavy atom. The van der Waals surface area contributed by atoms with Gasteiger partial charge in [-0.15, -0.1) is 23.2 Å². The number of rotatable bonds is 8. The van der Waals surface area contributed by atoms with Crippen LogP contribution in [0.1, 0.15) is 75.5 Å². The lowest BCUT2D eigenvalue weighted by atomic mass is 9.71. The zero-order valence-electron chi connectivity index (χ0n) is 22.2. The first-order chi connectivity index (χ1) is 18.5. The monoisotopic (exact) mass is 591 g/mol. The SMILES string of the molecule is CCn1cc(C2CC(CN3CCOC3=N)CC(C(=O)N[C@@H](C3CC3)C3CCC(Cl)C(Cl)C3)C2)c(C(F)(F)F)n1. The van der Waals surface area contributed by atoms with E-state index in [1.165, 1.54) is 10.9 Å². The van der Waals surface area contributed by atoms with Gasteiger partial charge in [-0.25, -0.2) is 0 Å². The van der Waals surface area contributed by atoms with Crippen molar-refractivity contribution in [2.24, 2.45) is 23.7 Å². The van der Waals surface area contributed by atoms with Gasteiger partial charge >= 0.3 is 6.18 Å². The van der Waals surface area contributed by atoms with Crippen LogP contribution >= 0.6 is 23.2 Å². The maximum atomic E-state index is 14.0. The molecule has 7 atom stereocenters. The largest absolute Gasteiger partial charge is 0.463 e. The fourth-order valence-corrected chi connectivity index (χ4v) is 7.48. The van der Waals surface area contributed by atoms with Gasteiger partial charge in [-0.1, -0.05) is 0 Å². The van der Waals surface area contributed by atoms with E-state index in [2.05, 4.69) is 10.4 Å². The van der Waals surface area contributed by atoms with Gasteiger partial charge in [0.2, 0.25) is 5.91 Å². The van der Waals surface area contributed by atoms with Crippen LogP contribution in [0.2, 0.25) is 0 Å². The summed E-state index contributed by atoms with van der Waals surface area (Å²) in [6.45, 7) is 3.58. The van der Waals surface area contributed by atoms with E-state index >= 15 is 0 Å². The standard InChI is InChI=1S/C27H38Cl2F3N5O2/c1-2-37-14-20(24(35-37)27(30,31)32)18-9-15(13-36-7-8-39-26(36)33)10-19(11-18)25(38)34-23(16-3-4-16)17-5-6-21(28)22(29)12-17/h14-19,21-23,33H,2-13H2,1H3,(H,34,38)/t15?,17?,18?,19?,21?,22?,23-/m0/s1. The molecule has 3 saturated carbocycles. The molecular formula is C27H38Cl2F3N5O2. The number of carbonyl (C=O) groups excluding carboxylic acids is 1. The Morgan fingerprint density at radius 1 is 1.15 bits per heavy atom. The number of halogens is 5. The number of alkyl halides is 5. The first-order valence-electron chi connectivity index (χ1n) is 14.2. The maximum Gasteiger partial charge on any atom is 0.435 e. The number of hydrogen-bond donors (Lipinski definition) is 2. The zero-order valence-corrected chi connectivity index (χ0v) is 23.7. The number of aryl methyl sites for hydroxylation is 1. The summed E-state index contributed by atoms with van der Waals surface area (Å²) >= 11 is 12.9. The topological polar surface area (TPSA) is 83.2 Å². The second kappa shape index (κ2) is 11.7. The molecule has 0 bridgehead atoms. The number of amidine groups is 1. The Morgan fingerprint density at radius 2 is 1.90 bits per heavy atom. The van der Waals surface area contributed by atoms with Crippen LogP contribution < -0.4 is 5.32 Å². The Hall–Kier alpha value is -1.68. The summed E-state index contributed by atoms with van der Waals surface area (Å²) < 4.78 is 48.6. The van der Waals surface area contributed by atoms with Crippen molar-refractivity contribution in [3.05, 3.63) is 17.5 Å². The minimum atomic E-state index is -4.57. The molecule has 1 saturated heterocycles. The van der Waals surface area contributed by atoms with Gasteiger partial charge in [-0.2, -0.15) is 18.3 Å². The summed E-state index contributed by atoms with van der Waals surface area (Å²) in [5.41, 5.74) is -0.683. The quantitative estimate of drug-likeness (QED) is 0.386. The molecule has 4 aliphatic rings. The van der Waals surface area contributed by atoms with E-state index in [1.807, 2.05) is 4.90 Å².